The number of nitrogens with two attached hydrogens (primary N) is 1. The van der Waals surface area contributed by atoms with Crippen LogP contribution in [0.25, 0.3) is 16.9 Å². The van der Waals surface area contributed by atoms with Crippen molar-refractivity contribution in [3.63, 3.8) is 0 Å². The van der Waals surface area contributed by atoms with Crippen LogP contribution in [0.5, 0.6) is 0 Å². The normalized spacial score (nSPS) is 11.1. The SMILES string of the molecule is Cn1c(CCCN)cc(=O)n2nc(-c3cccnc3)cc12. The predicted octanol–water partition coefficient (Wildman–Crippen LogP) is 0.986. The van der Waals surface area contributed by atoms with Crippen LogP contribution in [0.4, 0.5) is 0 Å². The van der Waals surface area contributed by atoms with E-state index in [1.807, 2.05) is 29.8 Å². The number of aromatic nitrogens is 4. The molecule has 0 aliphatic heterocycles. The van der Waals surface area contributed by atoms with Crippen molar-refractivity contribution in [3.8, 4) is 11.3 Å². The Labute approximate surface area is 121 Å². The van der Waals surface area contributed by atoms with Gasteiger partial charge < -0.3 is 10.3 Å². The van der Waals surface area contributed by atoms with E-state index in [0.717, 1.165) is 35.4 Å². The Hall–Kier alpha value is -2.47. The van der Waals surface area contributed by atoms with Crippen molar-refractivity contribution in [1.29, 1.82) is 0 Å². The van der Waals surface area contributed by atoms with Gasteiger partial charge in [0.1, 0.15) is 5.65 Å². The van der Waals surface area contributed by atoms with Crippen LogP contribution >= 0.6 is 0 Å². The van der Waals surface area contributed by atoms with Gasteiger partial charge in [-0.05, 0) is 31.5 Å². The summed E-state index contributed by atoms with van der Waals surface area (Å²) >= 11 is 0. The number of pyridine rings is 1. The number of nitrogens with zero attached hydrogens (tertiary/aromatic N) is 4. The second kappa shape index (κ2) is 5.49. The molecule has 0 unspecified atom stereocenters. The third kappa shape index (κ3) is 2.45. The van der Waals surface area contributed by atoms with Gasteiger partial charge in [0.05, 0.1) is 5.69 Å². The molecule has 108 valence electrons. The van der Waals surface area contributed by atoms with Gasteiger partial charge in [-0.15, -0.1) is 0 Å². The fraction of sp³-hybridized carbons (Fsp3) is 0.267. The Kier molecular flexibility index (Phi) is 3.53. The first kappa shape index (κ1) is 13.5. The highest BCUT2D eigenvalue weighted by molar-refractivity contribution is 5.63. The van der Waals surface area contributed by atoms with Gasteiger partial charge >= 0.3 is 0 Å². The zero-order valence-corrected chi connectivity index (χ0v) is 11.9. The van der Waals surface area contributed by atoms with Gasteiger partial charge in [0.25, 0.3) is 5.56 Å². The predicted molar refractivity (Wildman–Crippen MR) is 81.0 cm³/mol. The van der Waals surface area contributed by atoms with Crippen molar-refractivity contribution in [2.75, 3.05) is 6.54 Å². The molecule has 21 heavy (non-hydrogen) atoms. The van der Waals surface area contributed by atoms with E-state index in [2.05, 4.69) is 10.1 Å². The summed E-state index contributed by atoms with van der Waals surface area (Å²) < 4.78 is 3.41. The van der Waals surface area contributed by atoms with E-state index in [4.69, 9.17) is 5.73 Å². The Morgan fingerprint density at radius 3 is 2.90 bits per heavy atom. The zero-order chi connectivity index (χ0) is 14.8. The molecule has 0 radical (unpaired) electrons. The smallest absolute Gasteiger partial charge is 0.274 e. The summed E-state index contributed by atoms with van der Waals surface area (Å²) in [5, 5.41) is 4.38. The van der Waals surface area contributed by atoms with Crippen LogP contribution in [0, 0.1) is 0 Å². The molecular formula is C15H17N5O. The third-order valence-electron chi connectivity index (χ3n) is 3.56. The lowest BCUT2D eigenvalue weighted by molar-refractivity contribution is 0.725. The highest BCUT2D eigenvalue weighted by Crippen LogP contribution is 2.18. The molecule has 2 N–H and O–H groups in total. The van der Waals surface area contributed by atoms with E-state index in [0.29, 0.717) is 6.54 Å². The van der Waals surface area contributed by atoms with Gasteiger partial charge in [-0.25, -0.2) is 0 Å². The van der Waals surface area contributed by atoms with Crippen LogP contribution < -0.4 is 11.3 Å². The summed E-state index contributed by atoms with van der Waals surface area (Å²) in [5.74, 6) is 0. The van der Waals surface area contributed by atoms with E-state index in [1.54, 1.807) is 18.5 Å². The minimum absolute atomic E-state index is 0.120. The van der Waals surface area contributed by atoms with Gasteiger partial charge in [-0.3, -0.25) is 9.78 Å². The first-order valence-electron chi connectivity index (χ1n) is 6.90. The highest BCUT2D eigenvalue weighted by Gasteiger charge is 2.11. The van der Waals surface area contributed by atoms with Crippen molar-refractivity contribution in [2.24, 2.45) is 12.8 Å². The molecule has 0 fully saturated rings. The van der Waals surface area contributed by atoms with Crippen molar-refractivity contribution in [2.45, 2.75) is 12.8 Å². The lowest BCUT2D eigenvalue weighted by Gasteiger charge is -2.09. The van der Waals surface area contributed by atoms with E-state index in [9.17, 15) is 4.79 Å². The molecular weight excluding hydrogens is 266 g/mol. The van der Waals surface area contributed by atoms with Gasteiger partial charge in [0.2, 0.25) is 0 Å². The molecule has 0 saturated carbocycles. The Bertz CT molecular complexity index is 819. The summed E-state index contributed by atoms with van der Waals surface area (Å²) in [7, 11) is 1.94. The lowest BCUT2D eigenvalue weighted by atomic mass is 10.2. The summed E-state index contributed by atoms with van der Waals surface area (Å²) in [6, 6.07) is 7.31. The van der Waals surface area contributed by atoms with E-state index in [-0.39, 0.29) is 5.56 Å². The van der Waals surface area contributed by atoms with E-state index in [1.165, 1.54) is 4.52 Å². The summed E-state index contributed by atoms with van der Waals surface area (Å²) in [4.78, 5) is 16.3. The molecule has 0 aliphatic carbocycles. The van der Waals surface area contributed by atoms with Gasteiger partial charge in [-0.1, -0.05) is 0 Å². The lowest BCUT2D eigenvalue weighted by Crippen LogP contribution is -2.20. The van der Waals surface area contributed by atoms with Crippen LogP contribution in [-0.2, 0) is 13.5 Å². The minimum Gasteiger partial charge on any atom is -0.333 e. The average molecular weight is 283 g/mol. The van der Waals surface area contributed by atoms with Gasteiger partial charge in [-0.2, -0.15) is 9.61 Å². The molecule has 3 aromatic heterocycles. The van der Waals surface area contributed by atoms with Crippen molar-refractivity contribution >= 4 is 5.65 Å². The number of rotatable bonds is 4. The van der Waals surface area contributed by atoms with Crippen molar-refractivity contribution in [3.05, 3.63) is 52.7 Å². The third-order valence-corrected chi connectivity index (χ3v) is 3.56. The standard InChI is InChI=1S/C15H17N5O/c1-19-12(5-2-6-16)8-15(21)20-14(19)9-13(18-20)11-4-3-7-17-10-11/h3-4,7-10H,2,5-6,16H2,1H3. The fourth-order valence-corrected chi connectivity index (χ4v) is 2.40. The fourth-order valence-electron chi connectivity index (χ4n) is 2.40. The van der Waals surface area contributed by atoms with E-state index >= 15 is 0 Å². The molecule has 3 rings (SSSR count). The summed E-state index contributed by atoms with van der Waals surface area (Å²) in [6.07, 6.45) is 5.09. The average Bonchev–Trinajstić information content (AvgIpc) is 2.96. The summed E-state index contributed by atoms with van der Waals surface area (Å²) in [6.45, 7) is 0.611. The molecule has 0 spiro atoms. The Morgan fingerprint density at radius 1 is 1.33 bits per heavy atom. The molecule has 3 heterocycles. The van der Waals surface area contributed by atoms with Crippen LogP contribution in [0.3, 0.4) is 0 Å². The molecule has 0 atom stereocenters. The second-order valence-electron chi connectivity index (χ2n) is 4.97. The van der Waals surface area contributed by atoms with Crippen LogP contribution in [0.15, 0.2) is 41.5 Å². The second-order valence-corrected chi connectivity index (χ2v) is 4.97. The highest BCUT2D eigenvalue weighted by atomic mass is 16.1. The van der Waals surface area contributed by atoms with Crippen LogP contribution in [-0.4, -0.2) is 25.7 Å². The largest absolute Gasteiger partial charge is 0.333 e. The van der Waals surface area contributed by atoms with E-state index < -0.39 is 0 Å². The first-order chi connectivity index (χ1) is 10.2. The van der Waals surface area contributed by atoms with Crippen LogP contribution in [0.2, 0.25) is 0 Å². The minimum atomic E-state index is -0.120. The molecule has 0 aromatic carbocycles. The first-order valence-corrected chi connectivity index (χ1v) is 6.90. The van der Waals surface area contributed by atoms with Crippen LogP contribution in [0.1, 0.15) is 12.1 Å². The van der Waals surface area contributed by atoms with Gasteiger partial charge in [0.15, 0.2) is 0 Å². The zero-order valence-electron chi connectivity index (χ0n) is 11.9. The van der Waals surface area contributed by atoms with Crippen molar-refractivity contribution in [1.82, 2.24) is 19.2 Å². The van der Waals surface area contributed by atoms with Gasteiger partial charge in [0, 0.05) is 42.8 Å². The number of fused-ring (bicyclic) bond motifs is 1. The molecule has 6 nitrogen and oxygen atoms in total. The number of aryl methyl sites for hydroxylation is 2. The quantitative estimate of drug-likeness (QED) is 0.774. The maximum absolute atomic E-state index is 12.2. The maximum atomic E-state index is 12.2. The Morgan fingerprint density at radius 2 is 2.19 bits per heavy atom. The molecule has 0 amide bonds. The summed E-state index contributed by atoms with van der Waals surface area (Å²) in [5.41, 5.74) is 8.80. The molecule has 0 aliphatic rings. The topological polar surface area (TPSA) is 78.2 Å². The van der Waals surface area contributed by atoms with Crippen molar-refractivity contribution < 1.29 is 0 Å². The monoisotopic (exact) mass is 283 g/mol. The molecule has 3 aromatic rings. The number of hydrogen-bond acceptors (Lipinski definition) is 4. The molecule has 6 heteroatoms. The number of hydrogen-bond donors (Lipinski definition) is 1. The maximum Gasteiger partial charge on any atom is 0.274 e. The molecule has 0 bridgehead atoms. The molecule has 0 saturated heterocycles. The Balaban J connectivity index is 2.15.